The van der Waals surface area contributed by atoms with Gasteiger partial charge in [-0.15, -0.1) is 0 Å². The number of nitrogens with zero attached hydrogens (tertiary/aromatic N) is 1. The zero-order valence-electron chi connectivity index (χ0n) is 19.2. The molecule has 0 saturated heterocycles. The molecule has 1 aromatic carbocycles. The highest BCUT2D eigenvalue weighted by Crippen LogP contribution is 2.61. The first-order chi connectivity index (χ1) is 14.9. The molecular weight excluding hydrogens is 390 g/mol. The smallest absolute Gasteiger partial charge is 0.239 e. The molecule has 2 N–H and O–H groups in total. The van der Waals surface area contributed by atoms with Crippen LogP contribution in [0.25, 0.3) is 0 Å². The molecule has 1 aromatic rings. The number of methoxy groups -OCH3 is 1. The van der Waals surface area contributed by atoms with Gasteiger partial charge in [0.05, 0.1) is 19.7 Å². The van der Waals surface area contributed by atoms with Gasteiger partial charge in [0.25, 0.3) is 0 Å². The zero-order chi connectivity index (χ0) is 22.0. The Morgan fingerprint density at radius 2 is 1.58 bits per heavy atom. The molecule has 0 aromatic heterocycles. The summed E-state index contributed by atoms with van der Waals surface area (Å²) in [6, 6.07) is 7.94. The summed E-state index contributed by atoms with van der Waals surface area (Å²) in [6.45, 7) is 0.539. The average molecular weight is 428 g/mol. The van der Waals surface area contributed by atoms with Crippen LogP contribution in [0.2, 0.25) is 0 Å². The van der Waals surface area contributed by atoms with Crippen molar-refractivity contribution >= 4 is 11.8 Å². The number of ether oxygens (including phenoxy) is 1. The Bertz CT molecular complexity index is 754. The number of rotatable bonds is 9. The van der Waals surface area contributed by atoms with Crippen molar-refractivity contribution in [1.29, 1.82) is 0 Å². The van der Waals surface area contributed by atoms with Crippen LogP contribution >= 0.6 is 0 Å². The van der Waals surface area contributed by atoms with Gasteiger partial charge in [0.15, 0.2) is 0 Å². The van der Waals surface area contributed by atoms with Gasteiger partial charge in [0.2, 0.25) is 11.8 Å². The summed E-state index contributed by atoms with van der Waals surface area (Å²) in [4.78, 5) is 27.1. The molecular formula is C25H37N3O3. The minimum absolute atomic E-state index is 0.0383. The van der Waals surface area contributed by atoms with E-state index in [1.807, 2.05) is 38.4 Å². The lowest BCUT2D eigenvalue weighted by molar-refractivity contribution is -0.132. The maximum absolute atomic E-state index is 12.6. The first-order valence-electron chi connectivity index (χ1n) is 11.7. The summed E-state index contributed by atoms with van der Waals surface area (Å²) in [5.74, 6) is 3.22. The fraction of sp³-hybridized carbons (Fsp3) is 0.680. The van der Waals surface area contributed by atoms with E-state index in [-0.39, 0.29) is 29.8 Å². The fourth-order valence-corrected chi connectivity index (χ4v) is 6.79. The van der Waals surface area contributed by atoms with Crippen LogP contribution in [0.4, 0.5) is 0 Å². The molecule has 0 heterocycles. The van der Waals surface area contributed by atoms with E-state index in [1.165, 1.54) is 38.5 Å². The van der Waals surface area contributed by atoms with Gasteiger partial charge in [-0.2, -0.15) is 0 Å². The Morgan fingerprint density at radius 1 is 1.00 bits per heavy atom. The predicted octanol–water partition coefficient (Wildman–Crippen LogP) is 3.14. The van der Waals surface area contributed by atoms with E-state index in [2.05, 4.69) is 15.5 Å². The molecule has 1 unspecified atom stereocenters. The van der Waals surface area contributed by atoms with E-state index in [0.29, 0.717) is 13.0 Å². The molecule has 1 atom stereocenters. The van der Waals surface area contributed by atoms with E-state index >= 15 is 0 Å². The van der Waals surface area contributed by atoms with Gasteiger partial charge < -0.3 is 20.3 Å². The van der Waals surface area contributed by atoms with Gasteiger partial charge in [-0.3, -0.25) is 9.59 Å². The highest BCUT2D eigenvalue weighted by Gasteiger charge is 2.51. The summed E-state index contributed by atoms with van der Waals surface area (Å²) >= 11 is 0. The molecule has 5 rings (SSSR count). The Kier molecular flexibility index (Phi) is 6.56. The SMILES string of the molecule is COc1ccc(C(CNC(=O)CNC(=O)CC23CC4CC(CC(C4)C2)C3)N(C)C)cc1. The van der Waals surface area contributed by atoms with Gasteiger partial charge in [-0.25, -0.2) is 0 Å². The molecule has 0 radical (unpaired) electrons. The Morgan fingerprint density at radius 3 is 2.10 bits per heavy atom. The summed E-state index contributed by atoms with van der Waals surface area (Å²) in [5.41, 5.74) is 1.32. The minimum Gasteiger partial charge on any atom is -0.497 e. The van der Waals surface area contributed by atoms with Crippen molar-refractivity contribution in [2.45, 2.75) is 51.0 Å². The number of hydrogen-bond donors (Lipinski definition) is 2. The Balaban J connectivity index is 1.23. The molecule has 6 nitrogen and oxygen atoms in total. The highest BCUT2D eigenvalue weighted by atomic mass is 16.5. The molecule has 0 spiro atoms. The van der Waals surface area contributed by atoms with E-state index < -0.39 is 0 Å². The van der Waals surface area contributed by atoms with Gasteiger partial charge in [0.1, 0.15) is 5.75 Å². The lowest BCUT2D eigenvalue weighted by Crippen LogP contribution is -2.48. The second-order valence-corrected chi connectivity index (χ2v) is 10.4. The molecule has 4 fully saturated rings. The highest BCUT2D eigenvalue weighted by molar-refractivity contribution is 5.85. The summed E-state index contributed by atoms with van der Waals surface area (Å²) < 4.78 is 5.23. The van der Waals surface area contributed by atoms with Gasteiger partial charge in [-0.05, 0) is 93.5 Å². The van der Waals surface area contributed by atoms with Crippen molar-refractivity contribution in [1.82, 2.24) is 15.5 Å². The Hall–Kier alpha value is -2.08. The third-order valence-corrected chi connectivity index (χ3v) is 7.76. The van der Waals surface area contributed by atoms with Crippen molar-refractivity contribution < 1.29 is 14.3 Å². The molecule has 4 bridgehead atoms. The number of benzene rings is 1. The van der Waals surface area contributed by atoms with Crippen LogP contribution in [0.5, 0.6) is 5.75 Å². The molecule has 2 amide bonds. The molecule has 31 heavy (non-hydrogen) atoms. The number of carbonyl (C=O) groups excluding carboxylic acids is 2. The van der Waals surface area contributed by atoms with E-state index in [1.54, 1.807) is 7.11 Å². The van der Waals surface area contributed by atoms with Crippen LogP contribution in [0.3, 0.4) is 0 Å². The largest absolute Gasteiger partial charge is 0.497 e. The summed E-state index contributed by atoms with van der Waals surface area (Å²) in [5, 5.41) is 5.86. The Labute approximate surface area is 186 Å². The summed E-state index contributed by atoms with van der Waals surface area (Å²) in [7, 11) is 5.64. The second kappa shape index (κ2) is 9.19. The molecule has 4 aliphatic rings. The molecule has 0 aliphatic heterocycles. The second-order valence-electron chi connectivity index (χ2n) is 10.4. The lowest BCUT2D eigenvalue weighted by atomic mass is 9.49. The lowest BCUT2D eigenvalue weighted by Gasteiger charge is -2.56. The number of hydrogen-bond acceptors (Lipinski definition) is 4. The summed E-state index contributed by atoms with van der Waals surface area (Å²) in [6.07, 6.45) is 8.37. The fourth-order valence-electron chi connectivity index (χ4n) is 6.79. The maximum Gasteiger partial charge on any atom is 0.239 e. The number of likely N-dealkylation sites (N-methyl/N-ethyl adjacent to an activating group) is 1. The molecule has 4 aliphatic carbocycles. The van der Waals surface area contributed by atoms with Crippen molar-refractivity contribution in [3.05, 3.63) is 29.8 Å². The third-order valence-electron chi connectivity index (χ3n) is 7.76. The topological polar surface area (TPSA) is 70.7 Å². The van der Waals surface area contributed by atoms with Gasteiger partial charge in [0, 0.05) is 13.0 Å². The third kappa shape index (κ3) is 5.22. The van der Waals surface area contributed by atoms with Gasteiger partial charge in [-0.1, -0.05) is 12.1 Å². The average Bonchev–Trinajstić information content (AvgIpc) is 2.71. The van der Waals surface area contributed by atoms with Crippen molar-refractivity contribution in [2.24, 2.45) is 23.2 Å². The van der Waals surface area contributed by atoms with Crippen LogP contribution < -0.4 is 15.4 Å². The van der Waals surface area contributed by atoms with Crippen molar-refractivity contribution in [2.75, 3.05) is 34.3 Å². The van der Waals surface area contributed by atoms with Crippen molar-refractivity contribution in [3.63, 3.8) is 0 Å². The monoisotopic (exact) mass is 427 g/mol. The first-order valence-corrected chi connectivity index (χ1v) is 11.7. The number of carbonyl (C=O) groups is 2. The van der Waals surface area contributed by atoms with E-state index in [0.717, 1.165) is 29.1 Å². The van der Waals surface area contributed by atoms with Crippen LogP contribution in [0.1, 0.15) is 56.6 Å². The number of amides is 2. The van der Waals surface area contributed by atoms with Crippen LogP contribution in [0, 0.1) is 23.2 Å². The molecule has 6 heteroatoms. The standard InChI is InChI=1S/C25H37N3O3/c1-28(2)22(20-4-6-21(31-3)7-5-20)15-26-24(30)16-27-23(29)14-25-11-17-8-18(12-25)10-19(9-17)13-25/h4-7,17-19,22H,8-16H2,1-3H3,(H,26,30)(H,27,29). The quantitative estimate of drug-likeness (QED) is 0.635. The number of nitrogens with one attached hydrogen (secondary N) is 2. The van der Waals surface area contributed by atoms with Gasteiger partial charge >= 0.3 is 0 Å². The zero-order valence-corrected chi connectivity index (χ0v) is 19.2. The minimum atomic E-state index is -0.140. The van der Waals surface area contributed by atoms with E-state index in [4.69, 9.17) is 4.74 Å². The van der Waals surface area contributed by atoms with E-state index in [9.17, 15) is 9.59 Å². The van der Waals surface area contributed by atoms with Crippen molar-refractivity contribution in [3.8, 4) is 5.75 Å². The van der Waals surface area contributed by atoms with Crippen LogP contribution in [0.15, 0.2) is 24.3 Å². The van der Waals surface area contributed by atoms with Crippen LogP contribution in [-0.4, -0.2) is 51.0 Å². The molecule has 4 saturated carbocycles. The predicted molar refractivity (Wildman–Crippen MR) is 121 cm³/mol. The van der Waals surface area contributed by atoms with Crippen LogP contribution in [-0.2, 0) is 9.59 Å². The maximum atomic E-state index is 12.6. The molecule has 170 valence electrons. The first kappa shape index (κ1) is 22.1. The normalized spacial score (nSPS) is 29.6.